The molecular formula is C17H12BrClN2O3. The zero-order valence-corrected chi connectivity index (χ0v) is 14.9. The second kappa shape index (κ2) is 6.37. The third-order valence-corrected chi connectivity index (χ3v) is 4.30. The minimum atomic E-state index is -0.343. The number of ketones is 1. The van der Waals surface area contributed by atoms with Gasteiger partial charge >= 0.3 is 0 Å². The van der Waals surface area contributed by atoms with Crippen molar-refractivity contribution in [2.24, 2.45) is 0 Å². The molecule has 0 unspecified atom stereocenters. The predicted molar refractivity (Wildman–Crippen MR) is 95.9 cm³/mol. The number of amides is 2. The molecule has 2 amide bonds. The maximum absolute atomic E-state index is 12.8. The largest absolute Gasteiger partial charge is 0.323 e. The first-order chi connectivity index (χ1) is 11.3. The summed E-state index contributed by atoms with van der Waals surface area (Å²) in [4.78, 5) is 37.7. The average Bonchev–Trinajstić information content (AvgIpc) is 2.51. The summed E-state index contributed by atoms with van der Waals surface area (Å²) in [5, 5.41) is 3.11. The standard InChI is InChI=1S/C17H12BrClN2O3/c1-9(22)10-2-3-15-14(6-10)20-16(23)8-21(15)17(24)11-4-12(18)7-13(19)5-11/h2-7H,8H2,1H3,(H,20,23). The summed E-state index contributed by atoms with van der Waals surface area (Å²) in [5.74, 6) is -0.781. The Balaban J connectivity index is 2.04. The highest BCUT2D eigenvalue weighted by molar-refractivity contribution is 9.10. The van der Waals surface area contributed by atoms with Gasteiger partial charge in [-0.1, -0.05) is 27.5 Å². The molecule has 7 heteroatoms. The Kier molecular flexibility index (Phi) is 4.43. The van der Waals surface area contributed by atoms with Crippen molar-refractivity contribution in [3.63, 3.8) is 0 Å². The quantitative estimate of drug-likeness (QED) is 0.768. The third kappa shape index (κ3) is 3.20. The van der Waals surface area contributed by atoms with Gasteiger partial charge in [-0.05, 0) is 43.3 Å². The maximum Gasteiger partial charge on any atom is 0.258 e. The Hall–Kier alpha value is -2.18. The number of hydrogen-bond donors (Lipinski definition) is 1. The minimum Gasteiger partial charge on any atom is -0.323 e. The lowest BCUT2D eigenvalue weighted by atomic mass is 10.1. The van der Waals surface area contributed by atoms with E-state index in [0.29, 0.717) is 32.0 Å². The molecule has 1 N–H and O–H groups in total. The second-order valence-corrected chi connectivity index (χ2v) is 6.74. The summed E-state index contributed by atoms with van der Waals surface area (Å²) < 4.78 is 0.673. The first kappa shape index (κ1) is 16.7. The number of hydrogen-bond acceptors (Lipinski definition) is 3. The van der Waals surface area contributed by atoms with Crippen molar-refractivity contribution >= 4 is 56.5 Å². The van der Waals surface area contributed by atoms with Gasteiger partial charge in [0.15, 0.2) is 5.78 Å². The Morgan fingerprint density at radius 3 is 2.58 bits per heavy atom. The van der Waals surface area contributed by atoms with Gasteiger partial charge in [0, 0.05) is 20.6 Å². The van der Waals surface area contributed by atoms with Gasteiger partial charge < -0.3 is 5.32 Å². The van der Waals surface area contributed by atoms with Gasteiger partial charge in [0.1, 0.15) is 6.54 Å². The van der Waals surface area contributed by atoms with Crippen LogP contribution in [0.2, 0.25) is 5.02 Å². The summed E-state index contributed by atoms with van der Waals surface area (Å²) in [6.45, 7) is 1.34. The van der Waals surface area contributed by atoms with Crippen molar-refractivity contribution in [1.29, 1.82) is 0 Å². The first-order valence-corrected chi connectivity index (χ1v) is 8.25. The number of rotatable bonds is 2. The van der Waals surface area contributed by atoms with Gasteiger partial charge in [-0.25, -0.2) is 0 Å². The maximum atomic E-state index is 12.8. The van der Waals surface area contributed by atoms with Crippen LogP contribution >= 0.6 is 27.5 Å². The second-order valence-electron chi connectivity index (χ2n) is 5.39. The molecular weight excluding hydrogens is 396 g/mol. The van der Waals surface area contributed by atoms with E-state index in [9.17, 15) is 14.4 Å². The van der Waals surface area contributed by atoms with E-state index in [1.54, 1.807) is 36.4 Å². The Morgan fingerprint density at radius 2 is 1.92 bits per heavy atom. The van der Waals surface area contributed by atoms with Crippen LogP contribution in [0.3, 0.4) is 0 Å². The van der Waals surface area contributed by atoms with E-state index in [-0.39, 0.29) is 24.1 Å². The molecule has 0 saturated carbocycles. The van der Waals surface area contributed by atoms with Crippen LogP contribution in [0.4, 0.5) is 11.4 Å². The topological polar surface area (TPSA) is 66.5 Å². The van der Waals surface area contributed by atoms with Gasteiger partial charge in [-0.15, -0.1) is 0 Å². The van der Waals surface area contributed by atoms with E-state index in [0.717, 1.165) is 0 Å². The monoisotopic (exact) mass is 406 g/mol. The van der Waals surface area contributed by atoms with E-state index in [4.69, 9.17) is 11.6 Å². The number of carbonyl (C=O) groups excluding carboxylic acids is 3. The number of Topliss-reactive ketones (excluding diaryl/α,β-unsaturated/α-hetero) is 1. The molecule has 0 aromatic heterocycles. The van der Waals surface area contributed by atoms with E-state index in [2.05, 4.69) is 21.2 Å². The van der Waals surface area contributed by atoms with E-state index >= 15 is 0 Å². The van der Waals surface area contributed by atoms with Crippen molar-refractivity contribution in [3.05, 3.63) is 57.0 Å². The SMILES string of the molecule is CC(=O)c1ccc2c(c1)NC(=O)CN2C(=O)c1cc(Cl)cc(Br)c1. The van der Waals surface area contributed by atoms with Gasteiger partial charge in [0.05, 0.1) is 11.4 Å². The molecule has 0 spiro atoms. The summed E-state index contributed by atoms with van der Waals surface area (Å²) in [6.07, 6.45) is 0. The number of anilines is 2. The number of carbonyl (C=O) groups is 3. The summed E-state index contributed by atoms with van der Waals surface area (Å²) in [7, 11) is 0. The Morgan fingerprint density at radius 1 is 1.17 bits per heavy atom. The van der Waals surface area contributed by atoms with Crippen LogP contribution in [-0.4, -0.2) is 24.1 Å². The molecule has 3 rings (SSSR count). The average molecular weight is 408 g/mol. The Bertz CT molecular complexity index is 862. The Labute approximate surface area is 151 Å². The molecule has 0 fully saturated rings. The molecule has 0 bridgehead atoms. The molecule has 24 heavy (non-hydrogen) atoms. The summed E-state index contributed by atoms with van der Waals surface area (Å²) in [6, 6.07) is 9.72. The van der Waals surface area contributed by atoms with E-state index in [1.807, 2.05) is 0 Å². The van der Waals surface area contributed by atoms with E-state index < -0.39 is 0 Å². The summed E-state index contributed by atoms with van der Waals surface area (Å²) in [5.41, 5.74) is 1.81. The highest BCUT2D eigenvalue weighted by Crippen LogP contribution is 2.32. The number of benzene rings is 2. The molecule has 5 nitrogen and oxygen atoms in total. The lowest BCUT2D eigenvalue weighted by molar-refractivity contribution is -0.115. The smallest absolute Gasteiger partial charge is 0.258 e. The molecule has 0 atom stereocenters. The summed E-state index contributed by atoms with van der Waals surface area (Å²) >= 11 is 9.30. The minimum absolute atomic E-state index is 0.102. The fourth-order valence-electron chi connectivity index (χ4n) is 2.52. The van der Waals surface area contributed by atoms with Crippen LogP contribution in [0.15, 0.2) is 40.9 Å². The highest BCUT2D eigenvalue weighted by Gasteiger charge is 2.28. The molecule has 0 aliphatic carbocycles. The van der Waals surface area contributed by atoms with Crippen molar-refractivity contribution in [2.75, 3.05) is 16.8 Å². The lowest BCUT2D eigenvalue weighted by Crippen LogP contribution is -2.42. The molecule has 1 aliphatic rings. The normalized spacial score (nSPS) is 13.3. The highest BCUT2D eigenvalue weighted by atomic mass is 79.9. The molecule has 122 valence electrons. The molecule has 0 radical (unpaired) electrons. The van der Waals surface area contributed by atoms with Crippen molar-refractivity contribution < 1.29 is 14.4 Å². The van der Waals surface area contributed by atoms with Crippen LogP contribution in [-0.2, 0) is 4.79 Å². The van der Waals surface area contributed by atoms with Crippen LogP contribution in [0, 0.1) is 0 Å². The molecule has 2 aromatic rings. The number of nitrogens with zero attached hydrogens (tertiary/aromatic N) is 1. The molecule has 0 saturated heterocycles. The third-order valence-electron chi connectivity index (χ3n) is 3.62. The fourth-order valence-corrected chi connectivity index (χ4v) is 3.38. The molecule has 2 aromatic carbocycles. The van der Waals surface area contributed by atoms with Crippen LogP contribution in [0.1, 0.15) is 27.6 Å². The number of nitrogens with one attached hydrogen (secondary N) is 1. The zero-order chi connectivity index (χ0) is 17.4. The van der Waals surface area contributed by atoms with Gasteiger partial charge in [-0.2, -0.15) is 0 Å². The van der Waals surface area contributed by atoms with Crippen LogP contribution in [0.5, 0.6) is 0 Å². The number of fused-ring (bicyclic) bond motifs is 1. The molecule has 1 heterocycles. The van der Waals surface area contributed by atoms with Crippen molar-refractivity contribution in [2.45, 2.75) is 6.92 Å². The first-order valence-electron chi connectivity index (χ1n) is 7.08. The van der Waals surface area contributed by atoms with Gasteiger partial charge in [-0.3, -0.25) is 19.3 Å². The van der Waals surface area contributed by atoms with E-state index in [1.165, 1.54) is 11.8 Å². The lowest BCUT2D eigenvalue weighted by Gasteiger charge is -2.29. The van der Waals surface area contributed by atoms with Gasteiger partial charge in [0.2, 0.25) is 5.91 Å². The van der Waals surface area contributed by atoms with Crippen LogP contribution < -0.4 is 10.2 Å². The van der Waals surface area contributed by atoms with Gasteiger partial charge in [0.25, 0.3) is 5.91 Å². The fraction of sp³-hybridized carbons (Fsp3) is 0.118. The van der Waals surface area contributed by atoms with Crippen LogP contribution in [0.25, 0.3) is 0 Å². The molecule has 1 aliphatic heterocycles. The van der Waals surface area contributed by atoms with Crippen molar-refractivity contribution in [3.8, 4) is 0 Å². The van der Waals surface area contributed by atoms with Crippen molar-refractivity contribution in [1.82, 2.24) is 0 Å². The number of halogens is 2. The predicted octanol–water partition coefficient (Wildman–Crippen LogP) is 3.90. The zero-order valence-electron chi connectivity index (χ0n) is 12.6.